The molecule has 1 aromatic carbocycles. The van der Waals surface area contributed by atoms with E-state index in [0.717, 1.165) is 0 Å². The normalized spacial score (nSPS) is 10.0. The molecule has 0 bridgehead atoms. The highest BCUT2D eigenvalue weighted by molar-refractivity contribution is 6.30. The summed E-state index contributed by atoms with van der Waals surface area (Å²) in [5.74, 6) is 0.477. The molecule has 96 valence electrons. The number of aromatic nitrogens is 2. The highest BCUT2D eigenvalue weighted by Crippen LogP contribution is 2.29. The third-order valence-electron chi connectivity index (χ3n) is 2.73. The van der Waals surface area contributed by atoms with Crippen LogP contribution in [0, 0.1) is 11.3 Å². The van der Waals surface area contributed by atoms with Crippen molar-refractivity contribution in [2.45, 2.75) is 6.61 Å². The molecule has 1 N–H and O–H groups in total. The predicted octanol–water partition coefficient (Wildman–Crippen LogP) is 2.26. The van der Waals surface area contributed by atoms with E-state index in [-0.39, 0.29) is 11.8 Å². The van der Waals surface area contributed by atoms with Gasteiger partial charge in [-0.3, -0.25) is 0 Å². The summed E-state index contributed by atoms with van der Waals surface area (Å²) in [5.41, 5.74) is 1.64. The van der Waals surface area contributed by atoms with E-state index in [1.807, 2.05) is 6.07 Å². The second kappa shape index (κ2) is 5.65. The zero-order valence-electron chi connectivity index (χ0n) is 10.2. The number of aliphatic hydroxyl groups is 1. The largest absolute Gasteiger partial charge is 0.391 e. The molecule has 0 aliphatic rings. The maximum Gasteiger partial charge on any atom is 0.143 e. The molecular formula is C13H11ClN4O. The van der Waals surface area contributed by atoms with Crippen LogP contribution in [0.4, 0.5) is 11.5 Å². The van der Waals surface area contributed by atoms with Crippen molar-refractivity contribution in [3.05, 3.63) is 46.9 Å². The van der Waals surface area contributed by atoms with Gasteiger partial charge in [0.15, 0.2) is 0 Å². The van der Waals surface area contributed by atoms with Gasteiger partial charge in [-0.15, -0.1) is 0 Å². The number of hydrogen-bond acceptors (Lipinski definition) is 5. The van der Waals surface area contributed by atoms with Gasteiger partial charge in [0.05, 0.1) is 23.4 Å². The molecule has 19 heavy (non-hydrogen) atoms. The van der Waals surface area contributed by atoms with E-state index < -0.39 is 0 Å². The lowest BCUT2D eigenvalue weighted by atomic mass is 10.1. The van der Waals surface area contributed by atoms with Crippen LogP contribution >= 0.6 is 11.6 Å². The molecular weight excluding hydrogens is 264 g/mol. The van der Waals surface area contributed by atoms with Crippen molar-refractivity contribution in [1.29, 1.82) is 5.26 Å². The number of benzene rings is 1. The summed E-state index contributed by atoms with van der Waals surface area (Å²) in [6.45, 7) is -0.270. The van der Waals surface area contributed by atoms with Crippen LogP contribution in [-0.2, 0) is 6.61 Å². The summed E-state index contributed by atoms with van der Waals surface area (Å²) in [6, 6.07) is 9.25. The first-order chi connectivity index (χ1) is 9.19. The summed E-state index contributed by atoms with van der Waals surface area (Å²) in [7, 11) is 1.76. The van der Waals surface area contributed by atoms with Crippen molar-refractivity contribution in [1.82, 2.24) is 9.97 Å². The average Bonchev–Trinajstić information content (AvgIpc) is 2.46. The molecule has 0 saturated carbocycles. The summed E-state index contributed by atoms with van der Waals surface area (Å²) >= 11 is 5.93. The first-order valence-electron chi connectivity index (χ1n) is 5.52. The monoisotopic (exact) mass is 274 g/mol. The minimum absolute atomic E-state index is 0.203. The Bertz CT molecular complexity index is 639. The number of halogens is 1. The Morgan fingerprint density at radius 1 is 1.37 bits per heavy atom. The van der Waals surface area contributed by atoms with Gasteiger partial charge in [-0.25, -0.2) is 9.97 Å². The van der Waals surface area contributed by atoms with E-state index in [9.17, 15) is 5.11 Å². The summed E-state index contributed by atoms with van der Waals surface area (Å²) in [4.78, 5) is 9.66. The SMILES string of the molecule is CN(c1ccccc1C#N)c1ncnc(Cl)c1CO. The van der Waals surface area contributed by atoms with Crippen LogP contribution in [0.2, 0.25) is 5.15 Å². The second-order valence-corrected chi connectivity index (χ2v) is 4.17. The maximum absolute atomic E-state index is 9.37. The van der Waals surface area contributed by atoms with Crippen molar-refractivity contribution in [3.8, 4) is 6.07 Å². The van der Waals surface area contributed by atoms with E-state index in [2.05, 4.69) is 16.0 Å². The average molecular weight is 275 g/mol. The van der Waals surface area contributed by atoms with Gasteiger partial charge in [0.25, 0.3) is 0 Å². The third-order valence-corrected chi connectivity index (χ3v) is 3.06. The van der Waals surface area contributed by atoms with E-state index >= 15 is 0 Å². The molecule has 0 radical (unpaired) electrons. The molecule has 0 amide bonds. The zero-order valence-corrected chi connectivity index (χ0v) is 11.0. The van der Waals surface area contributed by atoms with Crippen molar-refractivity contribution in [3.63, 3.8) is 0 Å². The van der Waals surface area contributed by atoms with Crippen LogP contribution in [0.3, 0.4) is 0 Å². The van der Waals surface area contributed by atoms with Gasteiger partial charge < -0.3 is 10.0 Å². The molecule has 0 aliphatic carbocycles. The lowest BCUT2D eigenvalue weighted by molar-refractivity contribution is 0.281. The number of aliphatic hydroxyl groups excluding tert-OH is 1. The predicted molar refractivity (Wildman–Crippen MR) is 72.2 cm³/mol. The summed E-state index contributed by atoms with van der Waals surface area (Å²) in [5, 5.41) is 18.7. The van der Waals surface area contributed by atoms with Crippen molar-refractivity contribution >= 4 is 23.1 Å². The Balaban J connectivity index is 2.54. The van der Waals surface area contributed by atoms with Crippen molar-refractivity contribution < 1.29 is 5.11 Å². The quantitative estimate of drug-likeness (QED) is 0.869. The summed E-state index contributed by atoms with van der Waals surface area (Å²) < 4.78 is 0. The van der Waals surface area contributed by atoms with Crippen molar-refractivity contribution in [2.24, 2.45) is 0 Å². The smallest absolute Gasteiger partial charge is 0.143 e. The van der Waals surface area contributed by atoms with Gasteiger partial charge in [0, 0.05) is 7.05 Å². The molecule has 6 heteroatoms. The molecule has 0 fully saturated rings. The number of hydrogen-bond donors (Lipinski definition) is 1. The van der Waals surface area contributed by atoms with Crippen LogP contribution in [0.1, 0.15) is 11.1 Å². The maximum atomic E-state index is 9.37. The molecule has 1 heterocycles. The Morgan fingerprint density at radius 3 is 2.79 bits per heavy atom. The topological polar surface area (TPSA) is 73.0 Å². The molecule has 2 aromatic rings. The standard InChI is InChI=1S/C13H11ClN4O/c1-18(11-5-3-2-4-9(11)6-15)13-10(7-19)12(14)16-8-17-13/h2-5,8,19H,7H2,1H3. The van der Waals surface area contributed by atoms with Crippen LogP contribution in [0.5, 0.6) is 0 Å². The minimum atomic E-state index is -0.270. The summed E-state index contributed by atoms with van der Waals surface area (Å²) in [6.07, 6.45) is 1.32. The second-order valence-electron chi connectivity index (χ2n) is 3.81. The highest BCUT2D eigenvalue weighted by atomic mass is 35.5. The lowest BCUT2D eigenvalue weighted by Gasteiger charge is -2.21. The van der Waals surface area contributed by atoms with Crippen molar-refractivity contribution in [2.75, 3.05) is 11.9 Å². The fourth-order valence-electron chi connectivity index (χ4n) is 1.78. The van der Waals surface area contributed by atoms with Gasteiger partial charge in [-0.05, 0) is 12.1 Å². The van der Waals surface area contributed by atoms with Gasteiger partial charge in [0.2, 0.25) is 0 Å². The fraction of sp³-hybridized carbons (Fsp3) is 0.154. The van der Waals surface area contributed by atoms with Gasteiger partial charge in [-0.1, -0.05) is 23.7 Å². The number of nitrogens with zero attached hydrogens (tertiary/aromatic N) is 4. The van der Waals surface area contributed by atoms with E-state index in [4.69, 9.17) is 16.9 Å². The Labute approximate surface area is 115 Å². The Kier molecular flexibility index (Phi) is 3.95. The van der Waals surface area contributed by atoms with E-state index in [1.54, 1.807) is 30.1 Å². The first-order valence-corrected chi connectivity index (χ1v) is 5.90. The van der Waals surface area contributed by atoms with Gasteiger partial charge in [0.1, 0.15) is 23.4 Å². The lowest BCUT2D eigenvalue weighted by Crippen LogP contribution is -2.15. The molecule has 0 unspecified atom stereocenters. The molecule has 2 rings (SSSR count). The van der Waals surface area contributed by atoms with Crippen LogP contribution in [-0.4, -0.2) is 22.1 Å². The number of nitriles is 1. The third kappa shape index (κ3) is 2.50. The molecule has 0 aliphatic heterocycles. The molecule has 1 aromatic heterocycles. The van der Waals surface area contributed by atoms with E-state index in [0.29, 0.717) is 22.6 Å². The number of para-hydroxylation sites is 1. The number of anilines is 2. The fourth-order valence-corrected chi connectivity index (χ4v) is 1.97. The minimum Gasteiger partial charge on any atom is -0.391 e. The molecule has 0 spiro atoms. The molecule has 0 saturated heterocycles. The van der Waals surface area contributed by atoms with E-state index in [1.165, 1.54) is 6.33 Å². The first kappa shape index (κ1) is 13.3. The van der Waals surface area contributed by atoms with Gasteiger partial charge in [-0.2, -0.15) is 5.26 Å². The zero-order chi connectivity index (χ0) is 13.8. The van der Waals surface area contributed by atoms with Gasteiger partial charge >= 0.3 is 0 Å². The van der Waals surface area contributed by atoms with Crippen LogP contribution < -0.4 is 4.90 Å². The van der Waals surface area contributed by atoms with Crippen LogP contribution in [0.25, 0.3) is 0 Å². The highest BCUT2D eigenvalue weighted by Gasteiger charge is 2.16. The number of rotatable bonds is 3. The molecule has 0 atom stereocenters. The Morgan fingerprint density at radius 2 is 2.11 bits per heavy atom. The van der Waals surface area contributed by atoms with Crippen LogP contribution in [0.15, 0.2) is 30.6 Å². The Hall–Kier alpha value is -2.16. The molecule has 5 nitrogen and oxygen atoms in total.